The van der Waals surface area contributed by atoms with E-state index < -0.39 is 0 Å². The van der Waals surface area contributed by atoms with E-state index in [-0.39, 0.29) is 0 Å². The van der Waals surface area contributed by atoms with Crippen LogP contribution in [0.15, 0.2) is 35.6 Å². The van der Waals surface area contributed by atoms with E-state index in [2.05, 4.69) is 34.9 Å². The maximum atomic E-state index is 6.53. The van der Waals surface area contributed by atoms with Crippen molar-refractivity contribution >= 4 is 0 Å². The summed E-state index contributed by atoms with van der Waals surface area (Å²) in [5, 5.41) is 3.09. The molecular formula is C11H17N3. The zero-order valence-electron chi connectivity index (χ0n) is 8.37. The Balaban J connectivity index is 2.02. The fourth-order valence-corrected chi connectivity index (χ4v) is 1.41. The summed E-state index contributed by atoms with van der Waals surface area (Å²) in [6.45, 7) is 0.818. The van der Waals surface area contributed by atoms with Crippen LogP contribution < -0.4 is 5.43 Å². The normalized spacial score (nSPS) is 9.71. The van der Waals surface area contributed by atoms with Crippen molar-refractivity contribution in [1.29, 1.82) is 5.53 Å². The Labute approximate surface area is 85.0 Å². The van der Waals surface area contributed by atoms with Gasteiger partial charge in [0.15, 0.2) is 0 Å². The molecule has 0 atom stereocenters. The largest absolute Gasteiger partial charge is 0.292 e. The molecule has 1 rings (SSSR count). The van der Waals surface area contributed by atoms with E-state index in [4.69, 9.17) is 5.53 Å². The lowest BCUT2D eigenvalue weighted by Crippen LogP contribution is -2.05. The Morgan fingerprint density at radius 3 is 2.57 bits per heavy atom. The molecule has 0 heterocycles. The van der Waals surface area contributed by atoms with Crippen molar-refractivity contribution in [2.75, 3.05) is 6.54 Å². The first-order valence-electron chi connectivity index (χ1n) is 5.07. The summed E-state index contributed by atoms with van der Waals surface area (Å²) < 4.78 is 0. The second-order valence-corrected chi connectivity index (χ2v) is 3.32. The summed E-state index contributed by atoms with van der Waals surface area (Å²) in [6, 6.07) is 10.5. The van der Waals surface area contributed by atoms with Crippen molar-refractivity contribution in [2.45, 2.75) is 25.7 Å². The molecule has 0 aromatic heterocycles. The van der Waals surface area contributed by atoms with Crippen LogP contribution in [0.3, 0.4) is 0 Å². The summed E-state index contributed by atoms with van der Waals surface area (Å²) in [7, 11) is 0. The first-order valence-corrected chi connectivity index (χ1v) is 5.07. The van der Waals surface area contributed by atoms with Crippen molar-refractivity contribution in [1.82, 2.24) is 5.43 Å². The van der Waals surface area contributed by atoms with E-state index in [9.17, 15) is 0 Å². The Bertz CT molecular complexity index is 246. The van der Waals surface area contributed by atoms with Crippen LogP contribution in [0.2, 0.25) is 0 Å². The molecule has 0 saturated heterocycles. The maximum Gasteiger partial charge on any atom is 0.0346 e. The van der Waals surface area contributed by atoms with Crippen LogP contribution in [0.4, 0.5) is 0 Å². The van der Waals surface area contributed by atoms with Gasteiger partial charge in [0.25, 0.3) is 0 Å². The summed E-state index contributed by atoms with van der Waals surface area (Å²) >= 11 is 0. The summed E-state index contributed by atoms with van der Waals surface area (Å²) in [4.78, 5) is 0. The minimum absolute atomic E-state index is 0.818. The van der Waals surface area contributed by atoms with Gasteiger partial charge in [-0.1, -0.05) is 42.0 Å². The van der Waals surface area contributed by atoms with Crippen molar-refractivity contribution < 1.29 is 0 Å². The van der Waals surface area contributed by atoms with Gasteiger partial charge in [0.2, 0.25) is 0 Å². The molecule has 0 saturated carbocycles. The zero-order chi connectivity index (χ0) is 10.1. The molecule has 0 fully saturated rings. The van der Waals surface area contributed by atoms with Gasteiger partial charge in [-0.3, -0.25) is 5.43 Å². The molecule has 1 aromatic rings. The van der Waals surface area contributed by atoms with Crippen LogP contribution in [-0.4, -0.2) is 6.54 Å². The molecule has 0 aliphatic rings. The smallest absolute Gasteiger partial charge is 0.0346 e. The van der Waals surface area contributed by atoms with Crippen LogP contribution in [0.1, 0.15) is 24.8 Å². The van der Waals surface area contributed by atoms with E-state index in [1.54, 1.807) is 0 Å². The fourth-order valence-electron chi connectivity index (χ4n) is 1.41. The van der Waals surface area contributed by atoms with Crippen LogP contribution in [0.5, 0.6) is 0 Å². The van der Waals surface area contributed by atoms with Crippen molar-refractivity contribution in [3.63, 3.8) is 0 Å². The van der Waals surface area contributed by atoms with Gasteiger partial charge in [-0.15, -0.1) is 0 Å². The topological polar surface area (TPSA) is 48.2 Å². The molecule has 0 aliphatic heterocycles. The van der Waals surface area contributed by atoms with Gasteiger partial charge in [0.1, 0.15) is 0 Å². The summed E-state index contributed by atoms with van der Waals surface area (Å²) in [5.74, 6) is 0. The lowest BCUT2D eigenvalue weighted by molar-refractivity contribution is 0.595. The highest BCUT2D eigenvalue weighted by Gasteiger charge is 1.91. The molecule has 0 unspecified atom stereocenters. The van der Waals surface area contributed by atoms with Gasteiger partial charge in [0.05, 0.1) is 0 Å². The number of aryl methyl sites for hydroxylation is 1. The lowest BCUT2D eigenvalue weighted by Gasteiger charge is -2.01. The molecule has 14 heavy (non-hydrogen) atoms. The van der Waals surface area contributed by atoms with Gasteiger partial charge in [-0.25, -0.2) is 0 Å². The summed E-state index contributed by atoms with van der Waals surface area (Å²) in [6.07, 6.45) is 4.65. The van der Waals surface area contributed by atoms with Gasteiger partial charge < -0.3 is 0 Å². The first kappa shape index (κ1) is 10.7. The minimum atomic E-state index is 0.818. The van der Waals surface area contributed by atoms with Crippen molar-refractivity contribution in [3.05, 3.63) is 35.9 Å². The molecule has 0 aliphatic carbocycles. The van der Waals surface area contributed by atoms with E-state index in [1.165, 1.54) is 18.4 Å². The predicted octanol–water partition coefficient (Wildman–Crippen LogP) is 2.93. The van der Waals surface area contributed by atoms with E-state index in [1.807, 2.05) is 6.07 Å². The second-order valence-electron chi connectivity index (χ2n) is 3.32. The van der Waals surface area contributed by atoms with Crippen LogP contribution >= 0.6 is 0 Å². The Hall–Kier alpha value is -1.38. The van der Waals surface area contributed by atoms with Crippen molar-refractivity contribution in [3.8, 4) is 0 Å². The monoisotopic (exact) mass is 191 g/mol. The van der Waals surface area contributed by atoms with Crippen LogP contribution in [-0.2, 0) is 6.42 Å². The molecule has 76 valence electrons. The molecule has 2 N–H and O–H groups in total. The van der Waals surface area contributed by atoms with E-state index in [0.29, 0.717) is 0 Å². The summed E-state index contributed by atoms with van der Waals surface area (Å²) in [5.41, 5.74) is 10.6. The number of unbranched alkanes of at least 4 members (excludes halogenated alkanes) is 2. The minimum Gasteiger partial charge on any atom is -0.292 e. The van der Waals surface area contributed by atoms with E-state index in [0.717, 1.165) is 19.4 Å². The first-order chi connectivity index (χ1) is 6.93. The molecule has 3 heteroatoms. The van der Waals surface area contributed by atoms with Gasteiger partial charge in [0, 0.05) is 6.54 Å². The Morgan fingerprint density at radius 1 is 1.07 bits per heavy atom. The fraction of sp³-hybridized carbons (Fsp3) is 0.455. The van der Waals surface area contributed by atoms with Crippen LogP contribution in [0, 0.1) is 5.53 Å². The third-order valence-corrected chi connectivity index (χ3v) is 2.18. The molecule has 0 radical (unpaired) electrons. The highest BCUT2D eigenvalue weighted by molar-refractivity contribution is 5.14. The highest BCUT2D eigenvalue weighted by Crippen LogP contribution is 2.05. The molecule has 0 amide bonds. The standard InChI is InChI=1S/C11H17N3/c12-14-13-10-6-2-5-9-11-7-3-1-4-8-11/h1,3-4,7-8H,2,5-6,9-10H2,(H2,12,13). The van der Waals surface area contributed by atoms with Gasteiger partial charge in [-0.05, 0) is 24.8 Å². The second kappa shape index (κ2) is 7.06. The molecule has 0 bridgehead atoms. The average molecular weight is 191 g/mol. The quantitative estimate of drug-likeness (QED) is 0.388. The third kappa shape index (κ3) is 4.60. The number of hydrogen-bond acceptors (Lipinski definition) is 2. The Kier molecular flexibility index (Phi) is 5.40. The third-order valence-electron chi connectivity index (χ3n) is 2.18. The molecule has 0 spiro atoms. The number of hydrogen-bond donors (Lipinski definition) is 2. The maximum absolute atomic E-state index is 6.53. The van der Waals surface area contributed by atoms with Crippen molar-refractivity contribution in [2.24, 2.45) is 5.22 Å². The SMILES string of the molecule is N=NNCCCCCc1ccccc1. The average Bonchev–Trinajstić information content (AvgIpc) is 2.25. The number of nitrogens with zero attached hydrogens (tertiary/aromatic N) is 1. The van der Waals surface area contributed by atoms with Gasteiger partial charge in [-0.2, -0.15) is 5.53 Å². The number of rotatable bonds is 7. The van der Waals surface area contributed by atoms with Crippen LogP contribution in [0.25, 0.3) is 0 Å². The Morgan fingerprint density at radius 2 is 1.86 bits per heavy atom. The van der Waals surface area contributed by atoms with E-state index >= 15 is 0 Å². The molecular weight excluding hydrogens is 174 g/mol. The highest BCUT2D eigenvalue weighted by atomic mass is 15.4. The zero-order valence-corrected chi connectivity index (χ0v) is 8.37. The molecule has 1 aromatic carbocycles. The van der Waals surface area contributed by atoms with Gasteiger partial charge >= 0.3 is 0 Å². The number of nitrogens with one attached hydrogen (secondary N) is 2. The molecule has 3 nitrogen and oxygen atoms in total. The number of benzene rings is 1. The predicted molar refractivity (Wildman–Crippen MR) is 57.1 cm³/mol. The lowest BCUT2D eigenvalue weighted by atomic mass is 10.1.